The molecule has 3 rings (SSSR count). The maximum Gasteiger partial charge on any atom is 0.294 e. The zero-order valence-electron chi connectivity index (χ0n) is 10.4. The van der Waals surface area contributed by atoms with Crippen LogP contribution in [-0.4, -0.2) is 30.9 Å². The third-order valence-corrected chi connectivity index (χ3v) is 4.45. The summed E-state index contributed by atoms with van der Waals surface area (Å²) in [6.07, 6.45) is 1.91. The van der Waals surface area contributed by atoms with Gasteiger partial charge in [0.05, 0.1) is 0 Å². The summed E-state index contributed by atoms with van der Waals surface area (Å²) in [6.45, 7) is 1.71. The Labute approximate surface area is 115 Å². The van der Waals surface area contributed by atoms with Crippen molar-refractivity contribution in [3.8, 4) is 11.7 Å². The second-order valence-electron chi connectivity index (χ2n) is 3.78. The lowest BCUT2D eigenvalue weighted by molar-refractivity contribution is 0.421. The Bertz CT molecular complexity index is 819. The zero-order valence-corrected chi connectivity index (χ0v) is 12.0. The molecule has 0 fully saturated rings. The number of hydrogen-bond donors (Lipinski definition) is 0. The van der Waals surface area contributed by atoms with E-state index in [-0.39, 0.29) is 11.4 Å². The molecule has 0 bridgehead atoms. The van der Waals surface area contributed by atoms with Crippen LogP contribution in [0.25, 0.3) is 22.1 Å². The van der Waals surface area contributed by atoms with E-state index in [1.165, 1.54) is 27.7 Å². The van der Waals surface area contributed by atoms with Crippen molar-refractivity contribution < 1.29 is 4.52 Å². The first kappa shape index (κ1) is 12.3. The van der Waals surface area contributed by atoms with E-state index in [0.29, 0.717) is 22.0 Å². The highest BCUT2D eigenvalue weighted by molar-refractivity contribution is 8.00. The lowest BCUT2D eigenvalue weighted by Crippen LogP contribution is -2.20. The van der Waals surface area contributed by atoms with Crippen molar-refractivity contribution in [2.45, 2.75) is 11.3 Å². The first-order valence-corrected chi connectivity index (χ1v) is 7.36. The zero-order chi connectivity index (χ0) is 13.6. The number of thiazole rings is 1. The summed E-state index contributed by atoms with van der Waals surface area (Å²) < 4.78 is 7.24. The van der Waals surface area contributed by atoms with Crippen LogP contribution in [0, 0.1) is 6.92 Å². The molecule has 0 unspecified atom stereocenters. The topological polar surface area (TPSA) is 86.7 Å². The Kier molecular flexibility index (Phi) is 2.86. The molecule has 0 aliphatic heterocycles. The van der Waals surface area contributed by atoms with Crippen molar-refractivity contribution in [3.05, 3.63) is 16.2 Å². The van der Waals surface area contributed by atoms with Crippen LogP contribution in [0.5, 0.6) is 0 Å². The van der Waals surface area contributed by atoms with Crippen molar-refractivity contribution in [2.75, 3.05) is 6.26 Å². The summed E-state index contributed by atoms with van der Waals surface area (Å²) in [7, 11) is 1.61. The van der Waals surface area contributed by atoms with Crippen molar-refractivity contribution in [1.82, 2.24) is 24.7 Å². The van der Waals surface area contributed by atoms with E-state index in [4.69, 9.17) is 4.52 Å². The molecule has 3 heterocycles. The SMILES string of the molecule is CSc1nc2c(=O)n(C)c(-c3nc(C)no3)nc2s1. The van der Waals surface area contributed by atoms with Crippen LogP contribution < -0.4 is 5.56 Å². The van der Waals surface area contributed by atoms with E-state index in [1.54, 1.807) is 14.0 Å². The minimum atomic E-state index is -0.215. The van der Waals surface area contributed by atoms with Crippen molar-refractivity contribution >= 4 is 33.4 Å². The minimum absolute atomic E-state index is 0.215. The quantitative estimate of drug-likeness (QED) is 0.661. The summed E-state index contributed by atoms with van der Waals surface area (Å²) in [5.41, 5.74) is 0.157. The van der Waals surface area contributed by atoms with Gasteiger partial charge in [-0.3, -0.25) is 9.36 Å². The molecule has 0 saturated heterocycles. The molecule has 19 heavy (non-hydrogen) atoms. The van der Waals surface area contributed by atoms with E-state index in [9.17, 15) is 4.79 Å². The molecule has 0 spiro atoms. The van der Waals surface area contributed by atoms with Crippen molar-refractivity contribution in [3.63, 3.8) is 0 Å². The maximum absolute atomic E-state index is 12.2. The molecule has 0 aliphatic carbocycles. The molecular weight excluding hydrogens is 286 g/mol. The molecule has 3 aromatic heterocycles. The molecule has 7 nitrogen and oxygen atoms in total. The van der Waals surface area contributed by atoms with Crippen LogP contribution in [-0.2, 0) is 7.05 Å². The normalized spacial score (nSPS) is 11.3. The van der Waals surface area contributed by atoms with E-state index in [0.717, 1.165) is 4.34 Å². The third-order valence-electron chi connectivity index (χ3n) is 2.52. The lowest BCUT2D eigenvalue weighted by Gasteiger charge is -2.01. The Balaban J connectivity index is 2.31. The molecule has 9 heteroatoms. The van der Waals surface area contributed by atoms with Gasteiger partial charge >= 0.3 is 0 Å². The summed E-state index contributed by atoms with van der Waals surface area (Å²) in [5, 5.41) is 3.71. The molecule has 3 aromatic rings. The number of rotatable bonds is 2. The Hall–Kier alpha value is -1.74. The van der Waals surface area contributed by atoms with E-state index < -0.39 is 0 Å². The molecule has 98 valence electrons. The predicted octanol–water partition coefficient (Wildman–Crippen LogP) is 1.47. The smallest absolute Gasteiger partial charge is 0.294 e. The standard InChI is InChI=1S/C10H9N5O2S2/c1-4-11-7(17-14-4)6-13-8-5(9(16)15(6)2)12-10(18-3)19-8/h1-3H3. The van der Waals surface area contributed by atoms with Crippen LogP contribution in [0.3, 0.4) is 0 Å². The Morgan fingerprint density at radius 1 is 1.32 bits per heavy atom. The van der Waals surface area contributed by atoms with Crippen LogP contribution in [0.1, 0.15) is 5.82 Å². The average molecular weight is 295 g/mol. The van der Waals surface area contributed by atoms with Gasteiger partial charge in [0.15, 0.2) is 20.5 Å². The van der Waals surface area contributed by atoms with Crippen molar-refractivity contribution in [2.24, 2.45) is 7.05 Å². The fourth-order valence-electron chi connectivity index (χ4n) is 1.60. The van der Waals surface area contributed by atoms with E-state index in [1.807, 2.05) is 6.26 Å². The monoisotopic (exact) mass is 295 g/mol. The molecular formula is C10H9N5O2S2. The number of nitrogens with zero attached hydrogens (tertiary/aromatic N) is 5. The highest BCUT2D eigenvalue weighted by atomic mass is 32.2. The van der Waals surface area contributed by atoms with Crippen LogP contribution in [0.15, 0.2) is 13.7 Å². The van der Waals surface area contributed by atoms with Gasteiger partial charge in [0.2, 0.25) is 5.82 Å². The molecule has 0 N–H and O–H groups in total. The first-order valence-electron chi connectivity index (χ1n) is 5.32. The number of aromatic nitrogens is 5. The minimum Gasteiger partial charge on any atom is -0.331 e. The largest absolute Gasteiger partial charge is 0.331 e. The van der Waals surface area contributed by atoms with E-state index >= 15 is 0 Å². The van der Waals surface area contributed by atoms with Gasteiger partial charge < -0.3 is 4.52 Å². The van der Waals surface area contributed by atoms with Gasteiger partial charge in [-0.25, -0.2) is 9.97 Å². The van der Waals surface area contributed by atoms with Crippen LogP contribution in [0.4, 0.5) is 0 Å². The fourth-order valence-corrected chi connectivity index (χ4v) is 3.02. The summed E-state index contributed by atoms with van der Waals surface area (Å²) in [5.74, 6) is 1.09. The Morgan fingerprint density at radius 2 is 2.11 bits per heavy atom. The highest BCUT2D eigenvalue weighted by Crippen LogP contribution is 2.26. The lowest BCUT2D eigenvalue weighted by atomic mass is 10.5. The second kappa shape index (κ2) is 4.42. The van der Waals surface area contributed by atoms with Gasteiger partial charge in [-0.2, -0.15) is 4.98 Å². The molecule has 0 saturated carbocycles. The summed E-state index contributed by atoms with van der Waals surface area (Å²) in [6, 6.07) is 0. The van der Waals surface area contributed by atoms with E-state index in [2.05, 4.69) is 20.1 Å². The van der Waals surface area contributed by atoms with Gasteiger partial charge in [0, 0.05) is 7.05 Å². The number of aryl methyl sites for hydroxylation is 1. The molecule has 0 amide bonds. The van der Waals surface area contributed by atoms with Crippen LogP contribution in [0.2, 0.25) is 0 Å². The van der Waals surface area contributed by atoms with Gasteiger partial charge in [-0.05, 0) is 13.2 Å². The predicted molar refractivity (Wildman–Crippen MR) is 72.5 cm³/mol. The fraction of sp³-hybridized carbons (Fsp3) is 0.300. The average Bonchev–Trinajstić information content (AvgIpc) is 2.99. The highest BCUT2D eigenvalue weighted by Gasteiger charge is 2.18. The van der Waals surface area contributed by atoms with Gasteiger partial charge in [0.1, 0.15) is 0 Å². The molecule has 0 atom stereocenters. The second-order valence-corrected chi connectivity index (χ2v) is 5.81. The van der Waals surface area contributed by atoms with Gasteiger partial charge in [-0.15, -0.1) is 0 Å². The third kappa shape index (κ3) is 1.94. The number of fused-ring (bicyclic) bond motifs is 1. The summed E-state index contributed by atoms with van der Waals surface area (Å²) in [4.78, 5) is 25.6. The number of thioether (sulfide) groups is 1. The van der Waals surface area contributed by atoms with Crippen LogP contribution >= 0.6 is 23.1 Å². The molecule has 0 aliphatic rings. The first-order chi connectivity index (χ1) is 9.10. The maximum atomic E-state index is 12.2. The summed E-state index contributed by atoms with van der Waals surface area (Å²) >= 11 is 2.86. The van der Waals surface area contributed by atoms with Gasteiger partial charge in [0.25, 0.3) is 11.4 Å². The number of hydrogen-bond acceptors (Lipinski definition) is 8. The Morgan fingerprint density at radius 3 is 2.74 bits per heavy atom. The van der Waals surface area contributed by atoms with Gasteiger partial charge in [-0.1, -0.05) is 28.3 Å². The van der Waals surface area contributed by atoms with Crippen molar-refractivity contribution in [1.29, 1.82) is 0 Å². The molecule has 0 aromatic carbocycles. The molecule has 0 radical (unpaired) electrons.